The van der Waals surface area contributed by atoms with Gasteiger partial charge in [-0.05, 0) is 42.7 Å². The molecule has 2 rings (SSSR count). The van der Waals surface area contributed by atoms with Crippen molar-refractivity contribution >= 4 is 0 Å². The predicted molar refractivity (Wildman–Crippen MR) is 97.9 cm³/mol. The van der Waals surface area contributed by atoms with Crippen LogP contribution in [0.3, 0.4) is 0 Å². The summed E-state index contributed by atoms with van der Waals surface area (Å²) in [4.78, 5) is 0. The number of terminal acetylenes is 1. The van der Waals surface area contributed by atoms with Crippen molar-refractivity contribution in [2.24, 2.45) is 17.8 Å². The standard InChI is InChI=1S/C21H30O4/c1-5-16-9-17(11-22)21(18(10-16)12-23)25-13-24-20-8-15(4)6-7-19(20)14(2)3/h1,9-10,14-15,19-20,22-23H,6-8,11-13H2,2-4H3/t15-,19+,20-/m1/s1. The maximum absolute atomic E-state index is 9.58. The predicted octanol–water partition coefficient (Wildman–Crippen LogP) is 3.47. The highest BCUT2D eigenvalue weighted by molar-refractivity contribution is 5.48. The van der Waals surface area contributed by atoms with Crippen LogP contribution in [0.2, 0.25) is 0 Å². The highest BCUT2D eigenvalue weighted by atomic mass is 16.7. The molecule has 138 valence electrons. The average molecular weight is 346 g/mol. The van der Waals surface area contributed by atoms with E-state index >= 15 is 0 Å². The second-order valence-electron chi connectivity index (χ2n) is 7.38. The first-order valence-corrected chi connectivity index (χ1v) is 9.08. The van der Waals surface area contributed by atoms with Crippen LogP contribution < -0.4 is 4.74 Å². The summed E-state index contributed by atoms with van der Waals surface area (Å²) < 4.78 is 11.9. The summed E-state index contributed by atoms with van der Waals surface area (Å²) >= 11 is 0. The Bertz CT molecular complexity index is 577. The molecule has 0 saturated heterocycles. The Labute approximate surface area is 151 Å². The van der Waals surface area contributed by atoms with Crippen molar-refractivity contribution in [3.8, 4) is 18.1 Å². The van der Waals surface area contributed by atoms with Crippen LogP contribution in [0, 0.1) is 30.1 Å². The zero-order valence-corrected chi connectivity index (χ0v) is 15.5. The van der Waals surface area contributed by atoms with Gasteiger partial charge in [-0.15, -0.1) is 6.42 Å². The number of aliphatic hydroxyl groups excluding tert-OH is 2. The van der Waals surface area contributed by atoms with Gasteiger partial charge in [0, 0.05) is 16.7 Å². The Hall–Kier alpha value is -1.54. The van der Waals surface area contributed by atoms with E-state index in [4.69, 9.17) is 15.9 Å². The smallest absolute Gasteiger partial charge is 0.189 e. The lowest BCUT2D eigenvalue weighted by Gasteiger charge is -2.37. The van der Waals surface area contributed by atoms with E-state index in [1.54, 1.807) is 12.1 Å². The van der Waals surface area contributed by atoms with Crippen molar-refractivity contribution in [3.05, 3.63) is 28.8 Å². The number of hydrogen-bond acceptors (Lipinski definition) is 4. The van der Waals surface area contributed by atoms with Crippen LogP contribution in [0.1, 0.15) is 56.7 Å². The molecule has 0 bridgehead atoms. The molecule has 0 unspecified atom stereocenters. The SMILES string of the molecule is C#Cc1cc(CO)c(OCO[C@@H]2C[C@H](C)CC[C@H]2C(C)C)c(CO)c1. The third-order valence-corrected chi connectivity index (χ3v) is 5.20. The quantitative estimate of drug-likeness (QED) is 0.586. The van der Waals surface area contributed by atoms with Gasteiger partial charge < -0.3 is 19.7 Å². The summed E-state index contributed by atoms with van der Waals surface area (Å²) in [6, 6.07) is 3.40. The average Bonchev–Trinajstić information content (AvgIpc) is 2.61. The molecule has 0 spiro atoms. The third-order valence-electron chi connectivity index (χ3n) is 5.20. The summed E-state index contributed by atoms with van der Waals surface area (Å²) in [5.41, 5.74) is 1.75. The fourth-order valence-electron chi connectivity index (χ4n) is 3.74. The van der Waals surface area contributed by atoms with E-state index < -0.39 is 0 Å². The Morgan fingerprint density at radius 3 is 2.36 bits per heavy atom. The molecule has 0 aromatic heterocycles. The second-order valence-corrected chi connectivity index (χ2v) is 7.38. The Balaban J connectivity index is 2.06. The zero-order chi connectivity index (χ0) is 18.4. The number of rotatable bonds is 7. The van der Waals surface area contributed by atoms with Crippen LogP contribution in [-0.2, 0) is 18.0 Å². The number of ether oxygens (including phenoxy) is 2. The lowest BCUT2D eigenvalue weighted by atomic mass is 9.75. The van der Waals surface area contributed by atoms with E-state index in [0.717, 1.165) is 6.42 Å². The molecule has 4 heteroatoms. The van der Waals surface area contributed by atoms with Crippen molar-refractivity contribution in [2.45, 2.75) is 59.4 Å². The zero-order valence-electron chi connectivity index (χ0n) is 15.5. The normalized spacial score (nSPS) is 23.5. The first-order valence-electron chi connectivity index (χ1n) is 9.08. The number of aliphatic hydroxyl groups is 2. The maximum Gasteiger partial charge on any atom is 0.189 e. The molecule has 1 fully saturated rings. The van der Waals surface area contributed by atoms with Crippen LogP contribution in [0.25, 0.3) is 0 Å². The van der Waals surface area contributed by atoms with E-state index in [-0.39, 0.29) is 26.1 Å². The molecule has 1 aliphatic rings. The first-order chi connectivity index (χ1) is 12.0. The molecule has 0 amide bonds. The van der Waals surface area contributed by atoms with E-state index in [0.29, 0.717) is 40.2 Å². The van der Waals surface area contributed by atoms with Gasteiger partial charge in [-0.1, -0.05) is 33.1 Å². The number of benzene rings is 1. The molecule has 2 N–H and O–H groups in total. The Kier molecular flexibility index (Phi) is 7.31. The molecule has 0 aliphatic heterocycles. The van der Waals surface area contributed by atoms with E-state index in [2.05, 4.69) is 26.7 Å². The minimum absolute atomic E-state index is 0.107. The van der Waals surface area contributed by atoms with Crippen LogP contribution in [0.15, 0.2) is 12.1 Å². The van der Waals surface area contributed by atoms with Crippen LogP contribution in [0.5, 0.6) is 5.75 Å². The third kappa shape index (κ3) is 4.98. The highest BCUT2D eigenvalue weighted by Gasteiger charge is 2.31. The molecule has 0 radical (unpaired) electrons. The fraction of sp³-hybridized carbons (Fsp3) is 0.619. The van der Waals surface area contributed by atoms with Crippen molar-refractivity contribution in [1.82, 2.24) is 0 Å². The van der Waals surface area contributed by atoms with Crippen molar-refractivity contribution < 1.29 is 19.7 Å². The molecule has 1 saturated carbocycles. The highest BCUT2D eigenvalue weighted by Crippen LogP contribution is 2.35. The van der Waals surface area contributed by atoms with E-state index in [1.807, 2.05) is 0 Å². The topological polar surface area (TPSA) is 58.9 Å². The molecule has 25 heavy (non-hydrogen) atoms. The lowest BCUT2D eigenvalue weighted by molar-refractivity contribution is -0.0924. The van der Waals surface area contributed by atoms with Crippen LogP contribution in [-0.4, -0.2) is 23.1 Å². The molecule has 1 aromatic rings. The number of hydrogen-bond donors (Lipinski definition) is 2. The van der Waals surface area contributed by atoms with Gasteiger partial charge in [0.05, 0.1) is 19.3 Å². The summed E-state index contributed by atoms with van der Waals surface area (Å²) in [6.07, 6.45) is 9.09. The van der Waals surface area contributed by atoms with Gasteiger partial charge in [-0.3, -0.25) is 0 Å². The van der Waals surface area contributed by atoms with Gasteiger partial charge in [-0.2, -0.15) is 0 Å². The molecule has 0 heterocycles. The molecule has 3 atom stereocenters. The maximum atomic E-state index is 9.58. The van der Waals surface area contributed by atoms with E-state index in [9.17, 15) is 10.2 Å². The van der Waals surface area contributed by atoms with Crippen LogP contribution >= 0.6 is 0 Å². The Morgan fingerprint density at radius 1 is 1.20 bits per heavy atom. The summed E-state index contributed by atoms with van der Waals surface area (Å²) in [5.74, 6) is 4.77. The lowest BCUT2D eigenvalue weighted by Crippen LogP contribution is -2.35. The monoisotopic (exact) mass is 346 g/mol. The Morgan fingerprint density at radius 2 is 1.84 bits per heavy atom. The van der Waals surface area contributed by atoms with Gasteiger partial charge >= 0.3 is 0 Å². The molecule has 1 aliphatic carbocycles. The van der Waals surface area contributed by atoms with Gasteiger partial charge in [-0.25, -0.2) is 0 Å². The van der Waals surface area contributed by atoms with Crippen molar-refractivity contribution in [2.75, 3.05) is 6.79 Å². The summed E-state index contributed by atoms with van der Waals surface area (Å²) in [6.45, 7) is 6.45. The largest absolute Gasteiger partial charge is 0.467 e. The second kappa shape index (κ2) is 9.24. The minimum atomic E-state index is -0.201. The fourth-order valence-corrected chi connectivity index (χ4v) is 3.74. The molecule has 1 aromatic carbocycles. The van der Waals surface area contributed by atoms with E-state index in [1.165, 1.54) is 12.8 Å². The van der Waals surface area contributed by atoms with Crippen molar-refractivity contribution in [3.63, 3.8) is 0 Å². The summed E-state index contributed by atoms with van der Waals surface area (Å²) in [5, 5.41) is 19.2. The molecule has 4 nitrogen and oxygen atoms in total. The summed E-state index contributed by atoms with van der Waals surface area (Å²) in [7, 11) is 0. The van der Waals surface area contributed by atoms with Crippen molar-refractivity contribution in [1.29, 1.82) is 0 Å². The van der Waals surface area contributed by atoms with Gasteiger partial charge in [0.1, 0.15) is 5.75 Å². The van der Waals surface area contributed by atoms with Crippen LogP contribution in [0.4, 0.5) is 0 Å². The van der Waals surface area contributed by atoms with Gasteiger partial charge in [0.2, 0.25) is 0 Å². The molecular formula is C21H30O4. The molecular weight excluding hydrogens is 316 g/mol. The first kappa shape index (κ1) is 19.8. The minimum Gasteiger partial charge on any atom is -0.467 e. The van der Waals surface area contributed by atoms with Gasteiger partial charge in [0.25, 0.3) is 0 Å². The van der Waals surface area contributed by atoms with Gasteiger partial charge in [0.15, 0.2) is 6.79 Å².